The van der Waals surface area contributed by atoms with E-state index >= 15 is 0 Å². The molecular formula is C30H41NO5S. The summed E-state index contributed by atoms with van der Waals surface area (Å²) in [7, 11) is 1.36. The van der Waals surface area contributed by atoms with Crippen molar-refractivity contribution in [2.75, 3.05) is 13.7 Å². The fraction of sp³-hybridized carbons (Fsp3) is 0.500. The molecule has 1 aromatic carbocycles. The second-order valence-corrected chi connectivity index (χ2v) is 10.1. The van der Waals surface area contributed by atoms with E-state index in [1.54, 1.807) is 36.0 Å². The number of carboxylic acid groups (broad SMARTS) is 1. The summed E-state index contributed by atoms with van der Waals surface area (Å²) < 4.78 is 10.8. The van der Waals surface area contributed by atoms with Crippen LogP contribution in [0.2, 0.25) is 0 Å². The van der Waals surface area contributed by atoms with E-state index in [9.17, 15) is 9.59 Å². The number of hydrogen-bond donors (Lipinski definition) is 1. The first-order chi connectivity index (χ1) is 18.0. The molecule has 0 aliphatic carbocycles. The molecule has 2 aromatic rings. The first-order valence-corrected chi connectivity index (χ1v) is 14.3. The average Bonchev–Trinajstić information content (AvgIpc) is 2.91. The predicted octanol–water partition coefficient (Wildman–Crippen LogP) is 7.95. The molecule has 6 nitrogen and oxygen atoms in total. The lowest BCUT2D eigenvalue weighted by molar-refractivity contribution is -0.135. The number of carbonyl (C=O) groups is 2. The number of pyridine rings is 1. The van der Waals surface area contributed by atoms with Crippen molar-refractivity contribution in [3.05, 3.63) is 59.4 Å². The molecule has 202 valence electrons. The highest BCUT2D eigenvalue weighted by atomic mass is 32.2. The third-order valence-corrected chi connectivity index (χ3v) is 6.97. The van der Waals surface area contributed by atoms with Gasteiger partial charge in [-0.05, 0) is 48.9 Å². The summed E-state index contributed by atoms with van der Waals surface area (Å²) in [5.74, 6) is 0.0696. The Balaban J connectivity index is 1.84. The Kier molecular flexibility index (Phi) is 15.2. The Hall–Kier alpha value is -2.80. The van der Waals surface area contributed by atoms with Crippen LogP contribution in [-0.4, -0.2) is 35.7 Å². The van der Waals surface area contributed by atoms with Crippen molar-refractivity contribution < 1.29 is 24.2 Å². The molecule has 0 unspecified atom stereocenters. The van der Waals surface area contributed by atoms with Gasteiger partial charge in [0.15, 0.2) is 0 Å². The largest absolute Gasteiger partial charge is 0.491 e. The van der Waals surface area contributed by atoms with Crippen molar-refractivity contribution in [2.24, 2.45) is 0 Å². The van der Waals surface area contributed by atoms with Gasteiger partial charge in [-0.25, -0.2) is 9.78 Å². The van der Waals surface area contributed by atoms with Crippen molar-refractivity contribution >= 4 is 29.8 Å². The Bertz CT molecular complexity index is 974. The van der Waals surface area contributed by atoms with Crippen LogP contribution in [0.15, 0.2) is 47.4 Å². The van der Waals surface area contributed by atoms with E-state index < -0.39 is 5.97 Å². The van der Waals surface area contributed by atoms with Crippen molar-refractivity contribution in [3.63, 3.8) is 0 Å². The molecule has 1 aromatic heterocycles. The van der Waals surface area contributed by atoms with Crippen LogP contribution < -0.4 is 4.74 Å². The molecule has 0 atom stereocenters. The lowest BCUT2D eigenvalue weighted by Gasteiger charge is -2.11. The van der Waals surface area contributed by atoms with Crippen LogP contribution in [0.5, 0.6) is 5.75 Å². The van der Waals surface area contributed by atoms with Crippen molar-refractivity contribution in [3.8, 4) is 5.75 Å². The topological polar surface area (TPSA) is 85.7 Å². The summed E-state index contributed by atoms with van der Waals surface area (Å²) in [6.07, 6.45) is 16.0. The minimum atomic E-state index is -0.883. The molecule has 0 aliphatic heterocycles. The Labute approximate surface area is 225 Å². The normalized spacial score (nSPS) is 11.1. The first kappa shape index (κ1) is 30.4. The van der Waals surface area contributed by atoms with Gasteiger partial charge in [0, 0.05) is 10.6 Å². The molecule has 0 fully saturated rings. The molecule has 0 radical (unpaired) electrons. The van der Waals surface area contributed by atoms with Gasteiger partial charge in [-0.1, -0.05) is 70.8 Å². The van der Waals surface area contributed by atoms with Crippen LogP contribution in [0.4, 0.5) is 0 Å². The second-order valence-electron chi connectivity index (χ2n) is 9.02. The minimum Gasteiger partial charge on any atom is -0.491 e. The van der Waals surface area contributed by atoms with Crippen molar-refractivity contribution in [2.45, 2.75) is 88.2 Å². The lowest BCUT2D eigenvalue weighted by Crippen LogP contribution is -2.02. The number of benzene rings is 1. The van der Waals surface area contributed by atoms with Gasteiger partial charge in [0.25, 0.3) is 0 Å². The summed E-state index contributed by atoms with van der Waals surface area (Å²) in [4.78, 5) is 28.3. The number of aliphatic carboxylic acids is 1. The zero-order valence-corrected chi connectivity index (χ0v) is 23.1. The van der Waals surface area contributed by atoms with E-state index in [1.165, 1.54) is 58.5 Å². The SMILES string of the molecule is CCCCCCCCCCCCOc1ccc(CSc2ccc(C(=O)OC)cc2)nc1C=CCC(=O)O. The number of rotatable bonds is 19. The smallest absolute Gasteiger partial charge is 0.337 e. The number of unbranched alkanes of at least 4 members (excludes halogenated alkanes) is 9. The second kappa shape index (κ2) is 18.4. The van der Waals surface area contributed by atoms with Crippen LogP contribution in [0.1, 0.15) is 99.3 Å². The summed E-state index contributed by atoms with van der Waals surface area (Å²) in [5.41, 5.74) is 2.02. The zero-order chi connectivity index (χ0) is 26.7. The number of aromatic nitrogens is 1. The summed E-state index contributed by atoms with van der Waals surface area (Å²) >= 11 is 1.61. The fourth-order valence-corrected chi connectivity index (χ4v) is 4.64. The quantitative estimate of drug-likeness (QED) is 0.113. The number of carboxylic acids is 1. The first-order valence-electron chi connectivity index (χ1n) is 13.4. The van der Waals surface area contributed by atoms with Gasteiger partial charge < -0.3 is 14.6 Å². The van der Waals surface area contributed by atoms with Gasteiger partial charge in [0.05, 0.1) is 31.4 Å². The number of ether oxygens (including phenoxy) is 2. The van der Waals surface area contributed by atoms with E-state index in [2.05, 4.69) is 6.92 Å². The number of hydrogen-bond acceptors (Lipinski definition) is 6. The summed E-state index contributed by atoms with van der Waals surface area (Å²) in [6, 6.07) is 11.1. The molecule has 0 spiro atoms. The standard InChI is InChI=1S/C30H41NO5S/c1-3-4-5-6-7-8-9-10-11-12-22-36-28-21-18-25(31-27(28)14-13-15-29(32)33)23-37-26-19-16-24(17-20-26)30(34)35-2/h13-14,16-21H,3-12,15,22-23H2,1-2H3,(H,32,33). The molecule has 0 saturated carbocycles. The number of thioether (sulfide) groups is 1. The molecule has 37 heavy (non-hydrogen) atoms. The Morgan fingerprint density at radius 1 is 0.919 bits per heavy atom. The Morgan fingerprint density at radius 2 is 1.57 bits per heavy atom. The molecule has 1 N–H and O–H groups in total. The maximum Gasteiger partial charge on any atom is 0.337 e. The van der Waals surface area contributed by atoms with Gasteiger partial charge in [0.2, 0.25) is 0 Å². The highest BCUT2D eigenvalue weighted by molar-refractivity contribution is 7.98. The predicted molar refractivity (Wildman–Crippen MR) is 150 cm³/mol. The lowest BCUT2D eigenvalue weighted by atomic mass is 10.1. The van der Waals surface area contributed by atoms with Gasteiger partial charge >= 0.3 is 11.9 Å². The molecule has 0 bridgehead atoms. The fourth-order valence-electron chi connectivity index (χ4n) is 3.83. The third-order valence-electron chi connectivity index (χ3n) is 5.93. The number of esters is 1. The van der Waals surface area contributed by atoms with Gasteiger partial charge in [-0.3, -0.25) is 4.79 Å². The van der Waals surface area contributed by atoms with Crippen LogP contribution in [-0.2, 0) is 15.3 Å². The van der Waals surface area contributed by atoms with Gasteiger partial charge in [0.1, 0.15) is 11.4 Å². The van der Waals surface area contributed by atoms with E-state index in [1.807, 2.05) is 24.3 Å². The molecule has 7 heteroatoms. The maximum atomic E-state index is 11.6. The highest BCUT2D eigenvalue weighted by Crippen LogP contribution is 2.26. The number of nitrogens with zero attached hydrogens (tertiary/aromatic N) is 1. The van der Waals surface area contributed by atoms with Crippen molar-refractivity contribution in [1.82, 2.24) is 4.98 Å². The number of carbonyl (C=O) groups excluding carboxylic acids is 1. The van der Waals surface area contributed by atoms with Crippen LogP contribution >= 0.6 is 11.8 Å². The molecule has 0 aliphatic rings. The van der Waals surface area contributed by atoms with E-state index in [4.69, 9.17) is 19.6 Å². The molecule has 0 saturated heterocycles. The van der Waals surface area contributed by atoms with Crippen molar-refractivity contribution in [1.29, 1.82) is 0 Å². The molecular weight excluding hydrogens is 486 g/mol. The molecule has 1 heterocycles. The molecule has 0 amide bonds. The third kappa shape index (κ3) is 12.8. The van der Waals surface area contributed by atoms with E-state index in [0.29, 0.717) is 29.4 Å². The Morgan fingerprint density at radius 3 is 2.19 bits per heavy atom. The van der Waals surface area contributed by atoms with E-state index in [0.717, 1.165) is 23.4 Å². The number of methoxy groups -OCH3 is 1. The minimum absolute atomic E-state index is 0.0644. The highest BCUT2D eigenvalue weighted by Gasteiger charge is 2.08. The van der Waals surface area contributed by atoms with Crippen LogP contribution in [0, 0.1) is 0 Å². The molecule has 2 rings (SSSR count). The van der Waals surface area contributed by atoms with Gasteiger partial charge in [-0.2, -0.15) is 0 Å². The maximum absolute atomic E-state index is 11.6. The van der Waals surface area contributed by atoms with Gasteiger partial charge in [-0.15, -0.1) is 11.8 Å². The monoisotopic (exact) mass is 527 g/mol. The summed E-state index contributed by atoms with van der Waals surface area (Å²) in [5, 5.41) is 8.98. The van der Waals surface area contributed by atoms with E-state index in [-0.39, 0.29) is 12.4 Å². The average molecular weight is 528 g/mol. The van der Waals surface area contributed by atoms with Crippen LogP contribution in [0.3, 0.4) is 0 Å². The summed E-state index contributed by atoms with van der Waals surface area (Å²) in [6.45, 7) is 2.87. The van der Waals surface area contributed by atoms with Crippen LogP contribution in [0.25, 0.3) is 6.08 Å². The zero-order valence-electron chi connectivity index (χ0n) is 22.2.